The summed E-state index contributed by atoms with van der Waals surface area (Å²) in [4.78, 5) is 32.6. The predicted molar refractivity (Wildman–Crippen MR) is 110 cm³/mol. The van der Waals surface area contributed by atoms with Gasteiger partial charge in [0.1, 0.15) is 5.01 Å². The van der Waals surface area contributed by atoms with Crippen LogP contribution in [0.15, 0.2) is 42.5 Å². The minimum absolute atomic E-state index is 0.388. The highest BCUT2D eigenvalue weighted by molar-refractivity contribution is 7.18. The summed E-state index contributed by atoms with van der Waals surface area (Å²) in [6.07, 6.45) is 2.20. The van der Waals surface area contributed by atoms with E-state index >= 15 is 0 Å². The summed E-state index contributed by atoms with van der Waals surface area (Å²) >= 11 is 7.77. The first-order chi connectivity index (χ1) is 13.6. The quantitative estimate of drug-likeness (QED) is 0.673. The van der Waals surface area contributed by atoms with Gasteiger partial charge < -0.3 is 4.90 Å². The number of quaternary nitrogens is 1. The lowest BCUT2D eigenvalue weighted by molar-refractivity contribution is -0.905. The number of fused-ring (bicyclic) bond motifs is 2. The van der Waals surface area contributed by atoms with Crippen molar-refractivity contribution >= 4 is 50.5 Å². The van der Waals surface area contributed by atoms with Gasteiger partial charge in [-0.1, -0.05) is 23.7 Å². The molecule has 1 unspecified atom stereocenters. The maximum absolute atomic E-state index is 12.5. The molecule has 142 valence electrons. The molecule has 0 bridgehead atoms. The molecule has 1 amide bonds. The fraction of sp³-hybridized carbons (Fsp3) is 0.286. The number of benzene rings is 2. The van der Waals surface area contributed by atoms with E-state index in [0.717, 1.165) is 31.4 Å². The first-order valence-electron chi connectivity index (χ1n) is 9.45. The molecule has 3 heterocycles. The lowest BCUT2D eigenvalue weighted by Crippen LogP contribution is -3.15. The largest absolute Gasteiger partial charge is 0.317 e. The Balaban J connectivity index is 1.36. The molecule has 1 aromatic heterocycles. The highest BCUT2D eigenvalue weighted by atomic mass is 35.5. The molecule has 3 aromatic rings. The van der Waals surface area contributed by atoms with Gasteiger partial charge in [0.25, 0.3) is 5.78 Å². The summed E-state index contributed by atoms with van der Waals surface area (Å²) in [5, 5.41) is 1.65. The Morgan fingerprint density at radius 1 is 1.21 bits per heavy atom. The molecule has 2 aromatic carbocycles. The molecule has 1 N–H and O–H groups in total. The second-order valence-electron chi connectivity index (χ2n) is 7.44. The summed E-state index contributed by atoms with van der Waals surface area (Å²) in [7, 11) is 0. The van der Waals surface area contributed by atoms with Crippen LogP contribution >= 0.6 is 22.9 Å². The van der Waals surface area contributed by atoms with E-state index in [1.54, 1.807) is 34.4 Å². The van der Waals surface area contributed by atoms with E-state index in [1.807, 2.05) is 12.1 Å². The molecule has 5 rings (SSSR count). The van der Waals surface area contributed by atoms with Crippen LogP contribution in [0, 0.1) is 0 Å². The molecule has 0 radical (unpaired) electrons. The van der Waals surface area contributed by atoms with Gasteiger partial charge in [-0.25, -0.2) is 4.98 Å². The van der Waals surface area contributed by atoms with Gasteiger partial charge >= 0.3 is 5.91 Å². The van der Waals surface area contributed by atoms with Gasteiger partial charge in [-0.2, -0.15) is 0 Å². The number of likely N-dealkylation sites (tertiary alicyclic amines) is 1. The number of hydrogen-bond acceptors (Lipinski definition) is 4. The topological polar surface area (TPSA) is 54.7 Å². The average Bonchev–Trinajstić information content (AvgIpc) is 3.24. The van der Waals surface area contributed by atoms with Crippen LogP contribution in [0.25, 0.3) is 10.2 Å². The second-order valence-corrected chi connectivity index (χ2v) is 8.94. The van der Waals surface area contributed by atoms with E-state index in [2.05, 4.69) is 12.1 Å². The third kappa shape index (κ3) is 3.02. The number of amides is 1. The second kappa shape index (κ2) is 6.95. The number of piperidine rings is 1. The van der Waals surface area contributed by atoms with E-state index in [4.69, 9.17) is 16.6 Å². The summed E-state index contributed by atoms with van der Waals surface area (Å²) in [5.41, 5.74) is 2.14. The van der Waals surface area contributed by atoms with E-state index < -0.39 is 11.7 Å². The SMILES string of the molecule is O=C1C(=O)N(C[NH+]2CCC[C@@H](c3nc4ccccc4s3)C2)c2ccc(Cl)cc21. The van der Waals surface area contributed by atoms with Gasteiger partial charge in [-0.05, 0) is 43.2 Å². The predicted octanol–water partition coefficient (Wildman–Crippen LogP) is 2.90. The zero-order chi connectivity index (χ0) is 19.3. The maximum Gasteiger partial charge on any atom is 0.303 e. The molecule has 28 heavy (non-hydrogen) atoms. The Labute approximate surface area is 171 Å². The molecule has 0 aliphatic carbocycles. The number of nitrogens with one attached hydrogen (secondary N) is 1. The first kappa shape index (κ1) is 17.8. The van der Waals surface area contributed by atoms with Crippen molar-refractivity contribution in [3.63, 3.8) is 0 Å². The minimum atomic E-state index is -0.461. The third-order valence-corrected chi connectivity index (χ3v) is 7.03. The normalized spacial score (nSPS) is 22.1. The number of hydrogen-bond donors (Lipinski definition) is 1. The van der Waals surface area contributed by atoms with Gasteiger partial charge in [0.2, 0.25) is 0 Å². The van der Waals surface area contributed by atoms with Crippen LogP contribution in [-0.2, 0) is 4.79 Å². The minimum Gasteiger partial charge on any atom is -0.317 e. The number of Topliss-reactive ketones (excluding diaryl/α,β-unsaturated/α-hetero) is 1. The Morgan fingerprint density at radius 3 is 2.93 bits per heavy atom. The molecule has 2 atom stereocenters. The maximum atomic E-state index is 12.5. The van der Waals surface area contributed by atoms with Crippen molar-refractivity contribution in [3.8, 4) is 0 Å². The molecule has 2 aliphatic rings. The molecule has 0 spiro atoms. The van der Waals surface area contributed by atoms with E-state index in [-0.39, 0.29) is 0 Å². The zero-order valence-electron chi connectivity index (χ0n) is 15.2. The Bertz CT molecular complexity index is 1060. The monoisotopic (exact) mass is 412 g/mol. The first-order valence-corrected chi connectivity index (χ1v) is 10.6. The number of ketones is 1. The number of carbonyl (C=O) groups excluding carboxylic acids is 2. The standard InChI is InChI=1S/C21H18ClN3O2S/c22-14-7-8-17-15(10-14)19(26)21(27)25(17)12-24-9-3-4-13(11-24)20-23-16-5-1-2-6-18(16)28-20/h1-2,5-8,10,13H,3-4,9,11-12H2/p+1/t13-/m1/s1. The summed E-state index contributed by atoms with van der Waals surface area (Å²) in [6.45, 7) is 2.41. The number of halogens is 1. The van der Waals surface area contributed by atoms with Crippen LogP contribution in [0.4, 0.5) is 5.69 Å². The van der Waals surface area contributed by atoms with Crippen molar-refractivity contribution in [1.82, 2.24) is 4.98 Å². The third-order valence-electron chi connectivity index (χ3n) is 5.59. The van der Waals surface area contributed by atoms with Crippen molar-refractivity contribution in [1.29, 1.82) is 0 Å². The highest BCUT2D eigenvalue weighted by Gasteiger charge is 2.39. The van der Waals surface area contributed by atoms with Crippen LogP contribution in [0.5, 0.6) is 0 Å². The van der Waals surface area contributed by atoms with Crippen LogP contribution in [0.2, 0.25) is 5.02 Å². The van der Waals surface area contributed by atoms with Crippen LogP contribution < -0.4 is 9.80 Å². The Hall–Kier alpha value is -2.28. The van der Waals surface area contributed by atoms with Crippen LogP contribution in [-0.4, -0.2) is 36.4 Å². The molecule has 2 aliphatic heterocycles. The van der Waals surface area contributed by atoms with Crippen molar-refractivity contribution in [2.75, 3.05) is 24.7 Å². The number of aromatic nitrogens is 1. The van der Waals surface area contributed by atoms with Gasteiger partial charge in [-0.15, -0.1) is 11.3 Å². The van der Waals surface area contributed by atoms with Crippen molar-refractivity contribution in [2.24, 2.45) is 0 Å². The number of anilines is 1. The summed E-state index contributed by atoms with van der Waals surface area (Å²) in [6, 6.07) is 13.3. The number of rotatable bonds is 3. The fourth-order valence-corrected chi connectivity index (χ4v) is 5.50. The number of carbonyl (C=O) groups is 2. The highest BCUT2D eigenvalue weighted by Crippen LogP contribution is 2.32. The molecule has 1 fully saturated rings. The molecule has 5 nitrogen and oxygen atoms in total. The molecule has 7 heteroatoms. The van der Waals surface area contributed by atoms with E-state index in [9.17, 15) is 9.59 Å². The number of nitrogens with zero attached hydrogens (tertiary/aromatic N) is 2. The van der Waals surface area contributed by atoms with Crippen LogP contribution in [0.1, 0.15) is 34.1 Å². The number of thiazole rings is 1. The lowest BCUT2D eigenvalue weighted by Gasteiger charge is -2.31. The van der Waals surface area contributed by atoms with E-state index in [1.165, 1.54) is 14.6 Å². The number of para-hydroxylation sites is 1. The Morgan fingerprint density at radius 2 is 2.07 bits per heavy atom. The van der Waals surface area contributed by atoms with Crippen molar-refractivity contribution in [3.05, 3.63) is 58.1 Å². The summed E-state index contributed by atoms with van der Waals surface area (Å²) < 4.78 is 1.22. The smallest absolute Gasteiger partial charge is 0.303 e. The van der Waals surface area contributed by atoms with Crippen molar-refractivity contribution < 1.29 is 14.5 Å². The lowest BCUT2D eigenvalue weighted by atomic mass is 9.99. The van der Waals surface area contributed by atoms with Crippen LogP contribution in [0.3, 0.4) is 0 Å². The van der Waals surface area contributed by atoms with Gasteiger partial charge in [-0.3, -0.25) is 14.5 Å². The molecular formula is C21H19ClN3O2S+. The summed E-state index contributed by atoms with van der Waals surface area (Å²) in [5.74, 6) is -0.525. The molecular weight excluding hydrogens is 394 g/mol. The molecule has 0 saturated carbocycles. The fourth-order valence-electron chi connectivity index (χ4n) is 4.22. The van der Waals surface area contributed by atoms with E-state index in [0.29, 0.717) is 28.9 Å². The van der Waals surface area contributed by atoms with Crippen molar-refractivity contribution in [2.45, 2.75) is 18.8 Å². The average molecular weight is 413 g/mol. The van der Waals surface area contributed by atoms with Gasteiger partial charge in [0, 0.05) is 5.02 Å². The molecule has 1 saturated heterocycles. The van der Waals surface area contributed by atoms with Gasteiger partial charge in [0.05, 0.1) is 40.5 Å². The van der Waals surface area contributed by atoms with Gasteiger partial charge in [0.15, 0.2) is 6.67 Å². The Kier molecular flexibility index (Phi) is 4.42. The zero-order valence-corrected chi connectivity index (χ0v) is 16.7.